The molecule has 25 heavy (non-hydrogen) atoms. The average Bonchev–Trinajstić information content (AvgIpc) is 2.84. The summed E-state index contributed by atoms with van der Waals surface area (Å²) in [6.45, 7) is 1.86. The highest BCUT2D eigenvalue weighted by atomic mass is 35.5. The number of esters is 2. The van der Waals surface area contributed by atoms with Gasteiger partial charge in [-0.05, 0) is 30.7 Å². The van der Waals surface area contributed by atoms with Crippen molar-refractivity contribution in [3.8, 4) is 0 Å². The number of para-hydroxylation sites is 1. The molecule has 0 bridgehead atoms. The summed E-state index contributed by atoms with van der Waals surface area (Å²) in [7, 11) is 0. The fraction of sp³-hybridized carbons (Fsp3) is 0.111. The van der Waals surface area contributed by atoms with Crippen LogP contribution in [0.2, 0.25) is 0 Å². The van der Waals surface area contributed by atoms with E-state index >= 15 is 0 Å². The van der Waals surface area contributed by atoms with E-state index < -0.39 is 24.0 Å². The van der Waals surface area contributed by atoms with E-state index in [1.54, 1.807) is 12.1 Å². The van der Waals surface area contributed by atoms with Gasteiger partial charge in [0.25, 0.3) is 6.29 Å². The third-order valence-corrected chi connectivity index (χ3v) is 3.95. The van der Waals surface area contributed by atoms with E-state index in [-0.39, 0.29) is 16.3 Å². The highest BCUT2D eigenvalue weighted by Crippen LogP contribution is 2.29. The minimum atomic E-state index is -1.38. The molecule has 0 saturated carbocycles. The Morgan fingerprint density at radius 3 is 2.60 bits per heavy atom. The molecule has 0 aliphatic carbocycles. The molecule has 0 fully saturated rings. The first kappa shape index (κ1) is 17.0. The minimum absolute atomic E-state index is 0.0886. The van der Waals surface area contributed by atoms with Crippen molar-refractivity contribution in [3.63, 3.8) is 0 Å². The summed E-state index contributed by atoms with van der Waals surface area (Å²) < 4.78 is 23.8. The van der Waals surface area contributed by atoms with Crippen LogP contribution in [0.15, 0.2) is 59.3 Å². The normalized spacial score (nSPS) is 16.6. The molecule has 1 atom stereocenters. The van der Waals surface area contributed by atoms with Gasteiger partial charge in [0.05, 0.1) is 5.56 Å². The van der Waals surface area contributed by atoms with Crippen molar-refractivity contribution in [2.24, 2.45) is 0 Å². The number of aryl methyl sites for hydroxylation is 1. The predicted molar refractivity (Wildman–Crippen MR) is 89.4 cm³/mol. The van der Waals surface area contributed by atoms with E-state index in [4.69, 9.17) is 21.1 Å². The van der Waals surface area contributed by atoms with Gasteiger partial charge in [-0.15, -0.1) is 0 Å². The molecule has 0 saturated heterocycles. The largest absolute Gasteiger partial charge is 0.415 e. The lowest BCUT2D eigenvalue weighted by atomic mass is 10.2. The van der Waals surface area contributed by atoms with E-state index in [0.717, 1.165) is 11.6 Å². The lowest BCUT2D eigenvalue weighted by Crippen LogP contribution is -2.24. The average molecular weight is 362 g/mol. The van der Waals surface area contributed by atoms with Gasteiger partial charge in [0, 0.05) is 5.69 Å². The van der Waals surface area contributed by atoms with Crippen molar-refractivity contribution in [2.75, 3.05) is 5.32 Å². The fourth-order valence-corrected chi connectivity index (χ4v) is 2.44. The Labute approximate surface area is 148 Å². The summed E-state index contributed by atoms with van der Waals surface area (Å²) in [6.07, 6.45) is -1.38. The van der Waals surface area contributed by atoms with Crippen LogP contribution in [0.25, 0.3) is 0 Å². The molecular formula is C18H13ClFNO4. The standard InChI is InChI=1S/C18H13ClFNO4/c1-10-6-2-5-9-13(10)21-15-14(19)17(23)25-18(15)24-16(22)11-7-3-4-8-12(11)20/h2-9,18,21H,1H3/t18-/m0/s1. The molecule has 5 nitrogen and oxygen atoms in total. The van der Waals surface area contributed by atoms with Crippen LogP contribution in [0.3, 0.4) is 0 Å². The maximum atomic E-state index is 13.7. The maximum Gasteiger partial charge on any atom is 0.355 e. The van der Waals surface area contributed by atoms with Gasteiger partial charge in [0.1, 0.15) is 11.5 Å². The molecular weight excluding hydrogens is 349 g/mol. The van der Waals surface area contributed by atoms with E-state index in [2.05, 4.69) is 5.32 Å². The second-order valence-corrected chi connectivity index (χ2v) is 5.67. The van der Waals surface area contributed by atoms with Crippen molar-refractivity contribution in [3.05, 3.63) is 76.2 Å². The van der Waals surface area contributed by atoms with E-state index in [1.807, 2.05) is 19.1 Å². The molecule has 0 spiro atoms. The second-order valence-electron chi connectivity index (χ2n) is 5.29. The number of cyclic esters (lactones) is 1. The number of carbonyl (C=O) groups excluding carboxylic acids is 2. The van der Waals surface area contributed by atoms with E-state index in [0.29, 0.717) is 5.69 Å². The summed E-state index contributed by atoms with van der Waals surface area (Å²) in [4.78, 5) is 23.9. The number of hydrogen-bond donors (Lipinski definition) is 1. The number of anilines is 1. The molecule has 2 aromatic rings. The van der Waals surface area contributed by atoms with Crippen LogP contribution in [0.4, 0.5) is 10.1 Å². The van der Waals surface area contributed by atoms with Crippen molar-refractivity contribution in [2.45, 2.75) is 13.2 Å². The van der Waals surface area contributed by atoms with Gasteiger partial charge in [-0.25, -0.2) is 14.0 Å². The Bertz CT molecular complexity index is 881. The molecule has 7 heteroatoms. The smallest absolute Gasteiger partial charge is 0.355 e. The van der Waals surface area contributed by atoms with Gasteiger partial charge in [0.2, 0.25) is 0 Å². The first-order valence-corrected chi connectivity index (χ1v) is 7.74. The molecule has 0 aromatic heterocycles. The zero-order chi connectivity index (χ0) is 18.0. The molecule has 0 amide bonds. The molecule has 1 heterocycles. The summed E-state index contributed by atoms with van der Waals surface area (Å²) in [6, 6.07) is 12.6. The highest BCUT2D eigenvalue weighted by molar-refractivity contribution is 6.42. The van der Waals surface area contributed by atoms with E-state index in [9.17, 15) is 14.0 Å². The van der Waals surface area contributed by atoms with Crippen molar-refractivity contribution in [1.82, 2.24) is 0 Å². The molecule has 3 rings (SSSR count). The number of carbonyl (C=O) groups is 2. The number of rotatable bonds is 4. The van der Waals surface area contributed by atoms with Crippen molar-refractivity contribution in [1.29, 1.82) is 0 Å². The molecule has 1 aliphatic rings. The van der Waals surface area contributed by atoms with Gasteiger partial charge >= 0.3 is 11.9 Å². The minimum Gasteiger partial charge on any atom is -0.415 e. The number of hydrogen-bond acceptors (Lipinski definition) is 5. The van der Waals surface area contributed by atoms with E-state index in [1.165, 1.54) is 18.2 Å². The quantitative estimate of drug-likeness (QED) is 0.840. The molecule has 0 unspecified atom stereocenters. The van der Waals surface area contributed by atoms with Gasteiger partial charge in [-0.2, -0.15) is 0 Å². The Morgan fingerprint density at radius 2 is 1.88 bits per heavy atom. The molecule has 2 aromatic carbocycles. The monoisotopic (exact) mass is 361 g/mol. The molecule has 128 valence electrons. The Morgan fingerprint density at radius 1 is 1.20 bits per heavy atom. The van der Waals surface area contributed by atoms with Crippen LogP contribution in [-0.4, -0.2) is 18.2 Å². The van der Waals surface area contributed by atoms with Gasteiger partial charge in [-0.1, -0.05) is 41.9 Å². The van der Waals surface area contributed by atoms with Gasteiger partial charge < -0.3 is 14.8 Å². The summed E-state index contributed by atoms with van der Waals surface area (Å²) >= 11 is 5.96. The second kappa shape index (κ2) is 6.94. The van der Waals surface area contributed by atoms with Gasteiger partial charge in [-0.3, -0.25) is 0 Å². The third-order valence-electron chi connectivity index (χ3n) is 3.59. The maximum absolute atomic E-state index is 13.7. The zero-order valence-electron chi connectivity index (χ0n) is 13.1. The number of benzene rings is 2. The summed E-state index contributed by atoms with van der Waals surface area (Å²) in [5.74, 6) is -2.53. The number of ether oxygens (including phenoxy) is 2. The SMILES string of the molecule is Cc1ccccc1NC1=C(Cl)C(=O)O[C@@H]1OC(=O)c1ccccc1F. The molecule has 1 N–H and O–H groups in total. The fourth-order valence-electron chi connectivity index (χ4n) is 2.26. The Balaban J connectivity index is 1.84. The van der Waals surface area contributed by atoms with Crippen molar-refractivity contribution >= 4 is 29.2 Å². The van der Waals surface area contributed by atoms with Crippen LogP contribution in [0.1, 0.15) is 15.9 Å². The topological polar surface area (TPSA) is 64.6 Å². The highest BCUT2D eigenvalue weighted by Gasteiger charge is 2.37. The lowest BCUT2D eigenvalue weighted by Gasteiger charge is -2.17. The first-order chi connectivity index (χ1) is 12.0. The Kier molecular flexibility index (Phi) is 4.72. The van der Waals surface area contributed by atoms with Crippen LogP contribution in [-0.2, 0) is 14.3 Å². The molecule has 1 aliphatic heterocycles. The number of halogens is 2. The zero-order valence-corrected chi connectivity index (χ0v) is 13.8. The van der Waals surface area contributed by atoms with Crippen LogP contribution in [0.5, 0.6) is 0 Å². The van der Waals surface area contributed by atoms with Crippen LogP contribution >= 0.6 is 11.6 Å². The lowest BCUT2D eigenvalue weighted by molar-refractivity contribution is -0.152. The Hall–Kier alpha value is -2.86. The third kappa shape index (κ3) is 3.49. The van der Waals surface area contributed by atoms with Gasteiger partial charge in [0.15, 0.2) is 5.03 Å². The summed E-state index contributed by atoms with van der Waals surface area (Å²) in [5, 5.41) is 2.71. The first-order valence-electron chi connectivity index (χ1n) is 7.36. The van der Waals surface area contributed by atoms with Crippen LogP contribution in [0, 0.1) is 12.7 Å². The molecule has 0 radical (unpaired) electrons. The predicted octanol–water partition coefficient (Wildman–Crippen LogP) is 3.74. The van der Waals surface area contributed by atoms with Crippen LogP contribution < -0.4 is 5.32 Å². The number of nitrogens with one attached hydrogen (secondary N) is 1. The van der Waals surface area contributed by atoms with Crippen molar-refractivity contribution < 1.29 is 23.5 Å². The summed E-state index contributed by atoms with van der Waals surface area (Å²) in [5.41, 5.74) is 1.38.